The van der Waals surface area contributed by atoms with Crippen LogP contribution in [0.3, 0.4) is 0 Å². The van der Waals surface area contributed by atoms with Gasteiger partial charge in [-0.3, -0.25) is 4.90 Å². The summed E-state index contributed by atoms with van der Waals surface area (Å²) >= 11 is 0. The Morgan fingerprint density at radius 1 is 0.857 bits per heavy atom. The lowest BCUT2D eigenvalue weighted by atomic mass is 9.87. The molecule has 4 aromatic carbocycles. The van der Waals surface area contributed by atoms with E-state index in [4.69, 9.17) is 10.2 Å². The Labute approximate surface area is 207 Å². The van der Waals surface area contributed by atoms with Crippen molar-refractivity contribution in [3.63, 3.8) is 0 Å². The first-order chi connectivity index (χ1) is 17.3. The van der Waals surface area contributed by atoms with Crippen LogP contribution < -0.4 is 0 Å². The highest BCUT2D eigenvalue weighted by Gasteiger charge is 2.25. The molecule has 0 aliphatic carbocycles. The van der Waals surface area contributed by atoms with Gasteiger partial charge in [0.1, 0.15) is 17.8 Å². The van der Waals surface area contributed by atoms with E-state index < -0.39 is 0 Å². The molecule has 0 N–H and O–H groups in total. The number of fused-ring (bicyclic) bond motifs is 1. The first kappa shape index (κ1) is 22.7. The lowest BCUT2D eigenvalue weighted by molar-refractivity contribution is 0.269. The number of likely N-dealkylation sites (N-methyl/N-ethyl adjacent to an activating group) is 1. The van der Waals surface area contributed by atoms with Gasteiger partial charge in [-0.25, -0.2) is 0 Å². The molecule has 4 aromatic rings. The summed E-state index contributed by atoms with van der Waals surface area (Å²) in [7, 11) is 0. The molecule has 5 rings (SSSR count). The summed E-state index contributed by atoms with van der Waals surface area (Å²) in [5.74, 6) is 0. The van der Waals surface area contributed by atoms with Crippen molar-refractivity contribution in [3.05, 3.63) is 125 Å². The molecule has 0 saturated heterocycles. The highest BCUT2D eigenvalue weighted by molar-refractivity contribution is 5.77. The number of nitriles is 1. The second-order valence-corrected chi connectivity index (χ2v) is 8.81. The van der Waals surface area contributed by atoms with Crippen molar-refractivity contribution in [1.82, 2.24) is 4.90 Å². The van der Waals surface area contributed by atoms with Crippen molar-refractivity contribution >= 4 is 5.69 Å². The third-order valence-corrected chi connectivity index (χ3v) is 6.74. The van der Waals surface area contributed by atoms with Crippen LogP contribution in [-0.4, -0.2) is 18.0 Å². The normalized spacial score (nSPS) is 13.6. The van der Waals surface area contributed by atoms with Crippen LogP contribution >= 0.6 is 0 Å². The van der Waals surface area contributed by atoms with Gasteiger partial charge in [0.25, 0.3) is 0 Å². The summed E-state index contributed by atoms with van der Waals surface area (Å²) in [5.41, 5.74) is 8.11. The van der Waals surface area contributed by atoms with Crippen LogP contribution in [0.5, 0.6) is 0 Å². The maximum absolute atomic E-state index is 10.1. The fourth-order valence-corrected chi connectivity index (χ4v) is 4.85. The highest BCUT2D eigenvalue weighted by Crippen LogP contribution is 2.40. The predicted molar refractivity (Wildman–Crippen MR) is 140 cm³/mol. The van der Waals surface area contributed by atoms with Crippen LogP contribution in [0.15, 0.2) is 107 Å². The van der Waals surface area contributed by atoms with Crippen molar-refractivity contribution in [1.29, 1.82) is 5.26 Å². The molecule has 0 saturated carbocycles. The van der Waals surface area contributed by atoms with Gasteiger partial charge in [0.15, 0.2) is 0 Å². The van der Waals surface area contributed by atoms with Gasteiger partial charge in [-0.1, -0.05) is 97.9 Å². The van der Waals surface area contributed by atoms with E-state index in [1.807, 2.05) is 60.7 Å². The Morgan fingerprint density at radius 3 is 2.03 bits per heavy atom. The van der Waals surface area contributed by atoms with Crippen molar-refractivity contribution < 1.29 is 0 Å². The summed E-state index contributed by atoms with van der Waals surface area (Å²) in [5, 5.41) is 19.8. The Hall–Kier alpha value is -4.07. The Balaban J connectivity index is 1.65. The average Bonchev–Trinajstić information content (AvgIpc) is 2.94. The largest absolute Gasteiger partial charge is 0.299 e. The number of azo groups is 1. The van der Waals surface area contributed by atoms with Gasteiger partial charge in [0.05, 0.1) is 5.56 Å². The molecule has 1 aliphatic heterocycles. The second-order valence-electron chi connectivity index (χ2n) is 8.81. The maximum atomic E-state index is 10.1. The summed E-state index contributed by atoms with van der Waals surface area (Å²) in [6.07, 6.45) is 0.933. The summed E-state index contributed by atoms with van der Waals surface area (Å²) in [6, 6.07) is 35.0. The Morgan fingerprint density at radius 2 is 1.46 bits per heavy atom. The van der Waals surface area contributed by atoms with Crippen LogP contribution in [0.25, 0.3) is 11.1 Å². The minimum Gasteiger partial charge on any atom is -0.299 e. The molecule has 0 spiro atoms. The number of hydrogen-bond acceptors (Lipinski definition) is 4. The molecule has 1 heterocycles. The van der Waals surface area contributed by atoms with Gasteiger partial charge in [-0.05, 0) is 52.4 Å². The van der Waals surface area contributed by atoms with E-state index >= 15 is 0 Å². The predicted octanol–water partition coefficient (Wildman–Crippen LogP) is 7.48. The zero-order chi connectivity index (χ0) is 24.0. The fraction of sp³-hybridized carbons (Fsp3) is 0.194. The zero-order valence-corrected chi connectivity index (χ0v) is 19.9. The Kier molecular flexibility index (Phi) is 6.79. The molecule has 1 aliphatic rings. The summed E-state index contributed by atoms with van der Waals surface area (Å²) in [6.45, 7) is 4.92. The van der Waals surface area contributed by atoms with Crippen LogP contribution in [0.4, 0.5) is 5.69 Å². The monoisotopic (exact) mass is 456 g/mol. The molecular formula is C31H28N4. The second kappa shape index (κ2) is 10.5. The molecule has 0 aromatic heterocycles. The third kappa shape index (κ3) is 4.77. The van der Waals surface area contributed by atoms with Crippen molar-refractivity contribution in [2.45, 2.75) is 25.9 Å². The van der Waals surface area contributed by atoms with Crippen LogP contribution in [-0.2, 0) is 13.0 Å². The number of rotatable bonds is 6. The van der Waals surface area contributed by atoms with Gasteiger partial charge in [0.2, 0.25) is 0 Å². The van der Waals surface area contributed by atoms with E-state index in [2.05, 4.69) is 54.3 Å². The smallest absolute Gasteiger partial charge is 0.121 e. The minimum atomic E-state index is -0.237. The van der Waals surface area contributed by atoms with E-state index in [0.717, 1.165) is 53.9 Å². The van der Waals surface area contributed by atoms with Gasteiger partial charge in [-0.2, -0.15) is 15.5 Å². The molecule has 0 radical (unpaired) electrons. The van der Waals surface area contributed by atoms with Crippen molar-refractivity contribution in [2.75, 3.05) is 13.1 Å². The van der Waals surface area contributed by atoms with Crippen LogP contribution in [0.2, 0.25) is 0 Å². The van der Waals surface area contributed by atoms with E-state index in [-0.39, 0.29) is 6.04 Å². The van der Waals surface area contributed by atoms with Gasteiger partial charge in [0, 0.05) is 13.1 Å². The molecule has 172 valence electrons. The lowest BCUT2D eigenvalue weighted by Crippen LogP contribution is -2.30. The lowest BCUT2D eigenvalue weighted by Gasteiger charge is -2.30. The maximum Gasteiger partial charge on any atom is 0.121 e. The topological polar surface area (TPSA) is 51.8 Å². The molecule has 0 unspecified atom stereocenters. The van der Waals surface area contributed by atoms with Crippen LogP contribution in [0.1, 0.15) is 40.8 Å². The number of hydrogen-bond donors (Lipinski definition) is 0. The van der Waals surface area contributed by atoms with Gasteiger partial charge in [-0.15, -0.1) is 0 Å². The van der Waals surface area contributed by atoms with E-state index in [1.54, 1.807) is 0 Å². The molecule has 0 fully saturated rings. The molecular weight excluding hydrogens is 428 g/mol. The SMILES string of the molecule is CCN1CCc2c(-c3ccccc3)cc(C#N)c(N=NC(c3ccccc3)c3ccccc3)c2C1. The first-order valence-electron chi connectivity index (χ1n) is 12.2. The molecule has 4 heteroatoms. The Bertz CT molecular complexity index is 1320. The zero-order valence-electron chi connectivity index (χ0n) is 19.9. The van der Waals surface area contributed by atoms with E-state index in [9.17, 15) is 5.26 Å². The van der Waals surface area contributed by atoms with Gasteiger partial charge >= 0.3 is 0 Å². The van der Waals surface area contributed by atoms with Gasteiger partial charge < -0.3 is 0 Å². The van der Waals surface area contributed by atoms with E-state index in [1.165, 1.54) is 5.56 Å². The third-order valence-electron chi connectivity index (χ3n) is 6.74. The van der Waals surface area contributed by atoms with Crippen molar-refractivity contribution in [3.8, 4) is 17.2 Å². The first-order valence-corrected chi connectivity index (χ1v) is 12.2. The molecule has 4 nitrogen and oxygen atoms in total. The molecule has 35 heavy (non-hydrogen) atoms. The number of nitrogens with zero attached hydrogens (tertiary/aromatic N) is 4. The minimum absolute atomic E-state index is 0.237. The summed E-state index contributed by atoms with van der Waals surface area (Å²) < 4.78 is 0. The van der Waals surface area contributed by atoms with Crippen molar-refractivity contribution in [2.24, 2.45) is 10.2 Å². The fourth-order valence-electron chi connectivity index (χ4n) is 4.85. The molecule has 0 amide bonds. The quantitative estimate of drug-likeness (QED) is 0.282. The molecule has 0 atom stereocenters. The summed E-state index contributed by atoms with van der Waals surface area (Å²) in [4.78, 5) is 2.41. The van der Waals surface area contributed by atoms with E-state index in [0.29, 0.717) is 11.3 Å². The van der Waals surface area contributed by atoms with Crippen LogP contribution in [0, 0.1) is 11.3 Å². The highest BCUT2D eigenvalue weighted by atomic mass is 15.1. The average molecular weight is 457 g/mol. The number of benzene rings is 4. The standard InChI is InChI=1S/C31H28N4/c1-2-35-19-18-27-28(23-12-6-3-7-13-23)20-26(21-32)31(29(27)22-35)34-33-30(24-14-8-4-9-15-24)25-16-10-5-11-17-25/h3-17,20,30H,2,18-19,22H2,1H3. The molecule has 0 bridgehead atoms.